The summed E-state index contributed by atoms with van der Waals surface area (Å²) in [7, 11) is 1.87. The molecule has 170 valence electrons. The second-order valence-electron chi connectivity index (χ2n) is 7.92. The van der Waals surface area contributed by atoms with Crippen molar-refractivity contribution in [2.45, 2.75) is 37.7 Å². The third-order valence-electron chi connectivity index (χ3n) is 5.55. The van der Waals surface area contributed by atoms with Crippen molar-refractivity contribution in [3.05, 3.63) is 82.8 Å². The molecular formula is C25H26ClN5OS. The molecule has 0 radical (unpaired) electrons. The van der Waals surface area contributed by atoms with Crippen molar-refractivity contribution >= 4 is 35.0 Å². The third kappa shape index (κ3) is 5.15. The van der Waals surface area contributed by atoms with E-state index in [2.05, 4.69) is 32.1 Å². The molecule has 4 aromatic rings. The van der Waals surface area contributed by atoms with Crippen molar-refractivity contribution in [2.75, 3.05) is 5.32 Å². The molecule has 0 spiro atoms. The predicted molar refractivity (Wildman–Crippen MR) is 135 cm³/mol. The fourth-order valence-corrected chi connectivity index (χ4v) is 4.63. The standard InChI is InChI=1S/C25H26ClN5OS/c1-16-23(17(2)30(4)29-16)28-24(32)18(3)33-25-27-14-22(20-10-12-21(26)13-11-20)31(25)15-19-8-6-5-7-9-19/h5-14,18H,15H2,1-4H3,(H,28,32). The number of benzene rings is 2. The lowest BCUT2D eigenvalue weighted by Gasteiger charge is -2.15. The summed E-state index contributed by atoms with van der Waals surface area (Å²) in [5.41, 5.74) is 5.65. The number of nitrogens with one attached hydrogen (secondary N) is 1. The molecule has 0 saturated carbocycles. The summed E-state index contributed by atoms with van der Waals surface area (Å²) in [5.74, 6) is -0.0819. The van der Waals surface area contributed by atoms with Crippen molar-refractivity contribution in [1.29, 1.82) is 0 Å². The third-order valence-corrected chi connectivity index (χ3v) is 6.91. The van der Waals surface area contributed by atoms with Crippen LogP contribution >= 0.6 is 23.4 Å². The number of carbonyl (C=O) groups is 1. The van der Waals surface area contributed by atoms with Crippen molar-refractivity contribution in [3.8, 4) is 11.3 Å². The van der Waals surface area contributed by atoms with E-state index in [0.29, 0.717) is 11.6 Å². The van der Waals surface area contributed by atoms with Crippen LogP contribution in [0.2, 0.25) is 5.02 Å². The van der Waals surface area contributed by atoms with Crippen LogP contribution in [0.15, 0.2) is 66.0 Å². The Morgan fingerprint density at radius 3 is 2.45 bits per heavy atom. The van der Waals surface area contributed by atoms with E-state index in [1.807, 2.05) is 76.5 Å². The van der Waals surface area contributed by atoms with Gasteiger partial charge in [-0.2, -0.15) is 5.10 Å². The molecule has 0 aliphatic carbocycles. The molecule has 0 bridgehead atoms. The average molecular weight is 480 g/mol. The lowest BCUT2D eigenvalue weighted by atomic mass is 10.1. The van der Waals surface area contributed by atoms with Crippen LogP contribution in [0.3, 0.4) is 0 Å². The summed E-state index contributed by atoms with van der Waals surface area (Å²) < 4.78 is 3.92. The molecule has 1 atom stereocenters. The van der Waals surface area contributed by atoms with Gasteiger partial charge in [0.2, 0.25) is 5.91 Å². The van der Waals surface area contributed by atoms with Gasteiger partial charge in [-0.25, -0.2) is 4.98 Å². The molecule has 0 aliphatic heterocycles. The Balaban J connectivity index is 1.61. The first-order chi connectivity index (χ1) is 15.8. The number of thioether (sulfide) groups is 1. The van der Waals surface area contributed by atoms with Crippen LogP contribution in [0.5, 0.6) is 0 Å². The highest BCUT2D eigenvalue weighted by molar-refractivity contribution is 8.00. The van der Waals surface area contributed by atoms with Crippen molar-refractivity contribution in [1.82, 2.24) is 19.3 Å². The zero-order valence-corrected chi connectivity index (χ0v) is 20.6. The molecule has 4 rings (SSSR count). The highest BCUT2D eigenvalue weighted by Gasteiger charge is 2.22. The molecular weight excluding hydrogens is 454 g/mol. The monoisotopic (exact) mass is 479 g/mol. The Bertz CT molecular complexity index is 1260. The van der Waals surface area contributed by atoms with E-state index in [9.17, 15) is 4.79 Å². The van der Waals surface area contributed by atoms with Gasteiger partial charge >= 0.3 is 0 Å². The van der Waals surface area contributed by atoms with Crippen molar-refractivity contribution < 1.29 is 4.79 Å². The first kappa shape index (κ1) is 23.1. The molecule has 6 nitrogen and oxygen atoms in total. The van der Waals surface area contributed by atoms with Crippen LogP contribution in [0.4, 0.5) is 5.69 Å². The summed E-state index contributed by atoms with van der Waals surface area (Å²) in [6.07, 6.45) is 1.86. The van der Waals surface area contributed by atoms with E-state index in [1.165, 1.54) is 11.8 Å². The smallest absolute Gasteiger partial charge is 0.237 e. The number of anilines is 1. The van der Waals surface area contributed by atoms with Gasteiger partial charge in [-0.15, -0.1) is 0 Å². The van der Waals surface area contributed by atoms with Crippen LogP contribution in [0.1, 0.15) is 23.9 Å². The second kappa shape index (κ2) is 9.85. The van der Waals surface area contributed by atoms with E-state index in [0.717, 1.165) is 39.1 Å². The van der Waals surface area contributed by atoms with Gasteiger partial charge in [0.25, 0.3) is 0 Å². The number of aryl methyl sites for hydroxylation is 2. The zero-order chi connectivity index (χ0) is 23.5. The number of nitrogens with zero attached hydrogens (tertiary/aromatic N) is 4. The number of aromatic nitrogens is 4. The maximum Gasteiger partial charge on any atom is 0.237 e. The van der Waals surface area contributed by atoms with Gasteiger partial charge in [-0.1, -0.05) is 65.8 Å². The summed E-state index contributed by atoms with van der Waals surface area (Å²) in [6, 6.07) is 17.9. The Morgan fingerprint density at radius 2 is 1.82 bits per heavy atom. The molecule has 0 fully saturated rings. The number of imidazole rings is 1. The summed E-state index contributed by atoms with van der Waals surface area (Å²) in [5, 5.41) is 8.54. The predicted octanol–water partition coefficient (Wildman–Crippen LogP) is 5.72. The molecule has 2 heterocycles. The number of hydrogen-bond donors (Lipinski definition) is 1. The van der Waals surface area contributed by atoms with E-state index in [-0.39, 0.29) is 11.2 Å². The van der Waals surface area contributed by atoms with Gasteiger partial charge in [-0.3, -0.25) is 9.48 Å². The van der Waals surface area contributed by atoms with Gasteiger partial charge < -0.3 is 9.88 Å². The fourth-order valence-electron chi connectivity index (χ4n) is 3.61. The molecule has 0 aliphatic rings. The normalized spacial score (nSPS) is 12.0. The topological polar surface area (TPSA) is 64.7 Å². The van der Waals surface area contributed by atoms with Gasteiger partial charge in [0.1, 0.15) is 0 Å². The minimum Gasteiger partial charge on any atom is -0.322 e. The molecule has 8 heteroatoms. The van der Waals surface area contributed by atoms with Gasteiger partial charge in [0.15, 0.2) is 5.16 Å². The van der Waals surface area contributed by atoms with Gasteiger partial charge in [0.05, 0.1) is 40.8 Å². The maximum absolute atomic E-state index is 13.0. The molecule has 1 amide bonds. The Labute approximate surface area is 203 Å². The summed E-state index contributed by atoms with van der Waals surface area (Å²) >= 11 is 7.53. The molecule has 33 heavy (non-hydrogen) atoms. The Hall–Kier alpha value is -3.03. The Morgan fingerprint density at radius 1 is 1.12 bits per heavy atom. The van der Waals surface area contributed by atoms with Crippen LogP contribution < -0.4 is 5.32 Å². The number of rotatable bonds is 7. The number of amides is 1. The van der Waals surface area contributed by atoms with E-state index < -0.39 is 0 Å². The summed E-state index contributed by atoms with van der Waals surface area (Å²) in [4.78, 5) is 17.7. The largest absolute Gasteiger partial charge is 0.322 e. The second-order valence-corrected chi connectivity index (χ2v) is 9.67. The van der Waals surface area contributed by atoms with E-state index >= 15 is 0 Å². The zero-order valence-electron chi connectivity index (χ0n) is 19.0. The number of carbonyl (C=O) groups excluding carboxylic acids is 1. The molecule has 2 aromatic heterocycles. The lowest BCUT2D eigenvalue weighted by Crippen LogP contribution is -2.23. The first-order valence-corrected chi connectivity index (χ1v) is 11.9. The average Bonchev–Trinajstić information content (AvgIpc) is 3.30. The van der Waals surface area contributed by atoms with Crippen LogP contribution in [-0.2, 0) is 18.4 Å². The quantitative estimate of drug-likeness (QED) is 0.344. The highest BCUT2D eigenvalue weighted by atomic mass is 35.5. The summed E-state index contributed by atoms with van der Waals surface area (Å²) in [6.45, 7) is 6.38. The Kier molecular flexibility index (Phi) is 6.91. The maximum atomic E-state index is 13.0. The van der Waals surface area contributed by atoms with Crippen LogP contribution in [-0.4, -0.2) is 30.5 Å². The van der Waals surface area contributed by atoms with Crippen molar-refractivity contribution in [2.24, 2.45) is 7.05 Å². The SMILES string of the molecule is Cc1nn(C)c(C)c1NC(=O)C(C)Sc1ncc(-c2ccc(Cl)cc2)n1Cc1ccccc1. The van der Waals surface area contributed by atoms with Gasteiger partial charge in [0, 0.05) is 12.1 Å². The molecule has 1 unspecified atom stereocenters. The van der Waals surface area contributed by atoms with Crippen LogP contribution in [0.25, 0.3) is 11.3 Å². The van der Waals surface area contributed by atoms with Crippen molar-refractivity contribution in [3.63, 3.8) is 0 Å². The fraction of sp³-hybridized carbons (Fsp3) is 0.240. The van der Waals surface area contributed by atoms with Crippen LogP contribution in [0, 0.1) is 13.8 Å². The molecule has 1 N–H and O–H groups in total. The van der Waals surface area contributed by atoms with E-state index in [4.69, 9.17) is 11.6 Å². The highest BCUT2D eigenvalue weighted by Crippen LogP contribution is 2.31. The minimum absolute atomic E-state index is 0.0819. The number of hydrogen-bond acceptors (Lipinski definition) is 4. The lowest BCUT2D eigenvalue weighted by molar-refractivity contribution is -0.115. The molecule has 0 saturated heterocycles. The van der Waals surface area contributed by atoms with Gasteiger partial charge in [-0.05, 0) is 44.0 Å². The number of halogens is 1. The first-order valence-electron chi connectivity index (χ1n) is 10.7. The minimum atomic E-state index is -0.348. The van der Waals surface area contributed by atoms with E-state index in [1.54, 1.807) is 4.68 Å². The molecule has 2 aromatic carbocycles.